The van der Waals surface area contributed by atoms with Crippen LogP contribution in [0.4, 0.5) is 0 Å². The molecule has 0 bridgehead atoms. The lowest BCUT2D eigenvalue weighted by Gasteiger charge is -2.21. The van der Waals surface area contributed by atoms with Gasteiger partial charge in [-0.15, -0.1) is 11.8 Å². The Morgan fingerprint density at radius 3 is 2.59 bits per heavy atom. The second-order valence-corrected chi connectivity index (χ2v) is 6.53. The van der Waals surface area contributed by atoms with Crippen molar-refractivity contribution in [3.8, 4) is 0 Å². The Hall–Kier alpha value is -1.49. The summed E-state index contributed by atoms with van der Waals surface area (Å²) >= 11 is 1.49. The van der Waals surface area contributed by atoms with Gasteiger partial charge in [-0.25, -0.2) is 4.79 Å². The van der Waals surface area contributed by atoms with Crippen LogP contribution < -0.4 is 5.32 Å². The van der Waals surface area contributed by atoms with Gasteiger partial charge in [0.25, 0.3) is 0 Å². The van der Waals surface area contributed by atoms with E-state index in [9.17, 15) is 9.59 Å². The molecule has 5 heteroatoms. The molecule has 22 heavy (non-hydrogen) atoms. The van der Waals surface area contributed by atoms with Gasteiger partial charge in [-0.3, -0.25) is 4.79 Å². The Morgan fingerprint density at radius 2 is 2.00 bits per heavy atom. The van der Waals surface area contributed by atoms with Gasteiger partial charge in [0.2, 0.25) is 5.91 Å². The van der Waals surface area contributed by atoms with Crippen molar-refractivity contribution in [1.82, 2.24) is 5.32 Å². The van der Waals surface area contributed by atoms with Crippen LogP contribution in [0.5, 0.6) is 0 Å². The van der Waals surface area contributed by atoms with E-state index in [0.717, 1.165) is 16.9 Å². The number of ether oxygens (including phenoxy) is 1. The second-order valence-electron chi connectivity index (χ2n) is 5.51. The van der Waals surface area contributed by atoms with Crippen LogP contribution in [0.25, 0.3) is 0 Å². The Morgan fingerprint density at radius 1 is 1.32 bits per heavy atom. The average Bonchev–Trinajstić information content (AvgIpc) is 2.51. The molecule has 2 atom stereocenters. The van der Waals surface area contributed by atoms with Crippen molar-refractivity contribution in [2.45, 2.75) is 45.1 Å². The SMILES string of the molecule is CC[C@@H](C)[C@@H](NC(=O)CSc1cc(C)ccc1C)C(=O)OC. The molecule has 1 aromatic carbocycles. The van der Waals surface area contributed by atoms with Gasteiger partial charge in [-0.05, 0) is 31.4 Å². The molecule has 0 heterocycles. The molecule has 0 saturated carbocycles. The number of rotatable bonds is 7. The topological polar surface area (TPSA) is 55.4 Å². The average molecular weight is 323 g/mol. The minimum absolute atomic E-state index is 0.0436. The van der Waals surface area contributed by atoms with Gasteiger partial charge in [-0.1, -0.05) is 38.0 Å². The third kappa shape index (κ3) is 5.37. The maximum atomic E-state index is 12.1. The number of aryl methyl sites for hydroxylation is 2. The third-order valence-corrected chi connectivity index (χ3v) is 4.84. The van der Waals surface area contributed by atoms with E-state index in [-0.39, 0.29) is 23.5 Å². The normalized spacial score (nSPS) is 13.3. The van der Waals surface area contributed by atoms with E-state index >= 15 is 0 Å². The van der Waals surface area contributed by atoms with E-state index in [1.54, 1.807) is 0 Å². The van der Waals surface area contributed by atoms with Crippen molar-refractivity contribution < 1.29 is 14.3 Å². The number of benzene rings is 1. The first kappa shape index (κ1) is 18.6. The molecule has 0 fully saturated rings. The van der Waals surface area contributed by atoms with Gasteiger partial charge >= 0.3 is 5.97 Å². The molecule has 4 nitrogen and oxygen atoms in total. The number of esters is 1. The van der Waals surface area contributed by atoms with Gasteiger partial charge < -0.3 is 10.1 Å². The van der Waals surface area contributed by atoms with Crippen LogP contribution >= 0.6 is 11.8 Å². The zero-order valence-electron chi connectivity index (χ0n) is 13.9. The largest absolute Gasteiger partial charge is 0.467 e. The van der Waals surface area contributed by atoms with Crippen molar-refractivity contribution in [1.29, 1.82) is 0 Å². The minimum Gasteiger partial charge on any atom is -0.467 e. The van der Waals surface area contributed by atoms with E-state index in [1.807, 2.05) is 33.8 Å². The fourth-order valence-corrected chi connectivity index (χ4v) is 2.95. The number of hydrogen-bond donors (Lipinski definition) is 1. The first-order chi connectivity index (χ1) is 10.4. The lowest BCUT2D eigenvalue weighted by Crippen LogP contribution is -2.46. The smallest absolute Gasteiger partial charge is 0.328 e. The highest BCUT2D eigenvalue weighted by Crippen LogP contribution is 2.23. The third-order valence-electron chi connectivity index (χ3n) is 3.69. The highest BCUT2D eigenvalue weighted by molar-refractivity contribution is 8.00. The summed E-state index contributed by atoms with van der Waals surface area (Å²) in [6.07, 6.45) is 0.796. The van der Waals surface area contributed by atoms with E-state index in [2.05, 4.69) is 17.4 Å². The summed E-state index contributed by atoms with van der Waals surface area (Å²) in [5.41, 5.74) is 2.32. The summed E-state index contributed by atoms with van der Waals surface area (Å²) in [7, 11) is 1.34. The fraction of sp³-hybridized carbons (Fsp3) is 0.529. The molecule has 0 unspecified atom stereocenters. The molecule has 0 saturated heterocycles. The lowest BCUT2D eigenvalue weighted by atomic mass is 9.99. The molecular weight excluding hydrogens is 298 g/mol. The quantitative estimate of drug-likeness (QED) is 0.619. The second kappa shape index (κ2) is 8.83. The van der Waals surface area contributed by atoms with Crippen LogP contribution in [0.1, 0.15) is 31.4 Å². The molecule has 1 aromatic rings. The molecule has 0 spiro atoms. The molecule has 1 rings (SSSR count). The molecule has 0 aliphatic heterocycles. The van der Waals surface area contributed by atoms with Crippen LogP contribution in [0.3, 0.4) is 0 Å². The van der Waals surface area contributed by atoms with Gasteiger partial charge in [0.15, 0.2) is 0 Å². The molecule has 122 valence electrons. The Balaban J connectivity index is 2.64. The van der Waals surface area contributed by atoms with Crippen LogP contribution in [0, 0.1) is 19.8 Å². The van der Waals surface area contributed by atoms with Crippen LogP contribution in [0.2, 0.25) is 0 Å². The van der Waals surface area contributed by atoms with Crippen molar-refractivity contribution in [3.05, 3.63) is 29.3 Å². The summed E-state index contributed by atoms with van der Waals surface area (Å²) in [5, 5.41) is 2.79. The van der Waals surface area contributed by atoms with Crippen molar-refractivity contribution in [3.63, 3.8) is 0 Å². The van der Waals surface area contributed by atoms with E-state index in [0.29, 0.717) is 0 Å². The summed E-state index contributed by atoms with van der Waals surface area (Å²) in [5.74, 6) is -0.211. The van der Waals surface area contributed by atoms with Crippen LogP contribution in [0.15, 0.2) is 23.1 Å². The number of methoxy groups -OCH3 is 1. The van der Waals surface area contributed by atoms with E-state index in [4.69, 9.17) is 4.74 Å². The highest BCUT2D eigenvalue weighted by atomic mass is 32.2. The summed E-state index contributed by atoms with van der Waals surface area (Å²) in [6, 6.07) is 5.59. The molecule has 1 N–H and O–H groups in total. The van der Waals surface area contributed by atoms with E-state index < -0.39 is 6.04 Å². The maximum absolute atomic E-state index is 12.1. The lowest BCUT2D eigenvalue weighted by molar-refractivity contribution is -0.146. The first-order valence-corrected chi connectivity index (χ1v) is 8.44. The monoisotopic (exact) mass is 323 g/mol. The van der Waals surface area contributed by atoms with Gasteiger partial charge in [-0.2, -0.15) is 0 Å². The predicted octanol–water partition coefficient (Wildman–Crippen LogP) is 3.10. The minimum atomic E-state index is -0.582. The summed E-state index contributed by atoms with van der Waals surface area (Å²) in [6.45, 7) is 7.97. The van der Waals surface area contributed by atoms with Crippen molar-refractivity contribution in [2.75, 3.05) is 12.9 Å². The Kier molecular flexibility index (Phi) is 7.45. The number of thioether (sulfide) groups is 1. The molecule has 0 aliphatic carbocycles. The zero-order chi connectivity index (χ0) is 16.7. The number of carbonyl (C=O) groups excluding carboxylic acids is 2. The molecule has 0 aliphatic rings. The fourth-order valence-electron chi connectivity index (χ4n) is 2.02. The molecule has 1 amide bonds. The van der Waals surface area contributed by atoms with Crippen LogP contribution in [-0.4, -0.2) is 30.8 Å². The maximum Gasteiger partial charge on any atom is 0.328 e. The number of carbonyl (C=O) groups is 2. The highest BCUT2D eigenvalue weighted by Gasteiger charge is 2.26. The zero-order valence-corrected chi connectivity index (χ0v) is 14.8. The number of amides is 1. The Labute approximate surface area is 137 Å². The summed E-state index contributed by atoms with van der Waals surface area (Å²) < 4.78 is 4.77. The van der Waals surface area contributed by atoms with Gasteiger partial charge in [0, 0.05) is 4.90 Å². The number of hydrogen-bond acceptors (Lipinski definition) is 4. The molecule has 0 radical (unpaired) electrons. The Bertz CT molecular complexity index is 531. The first-order valence-electron chi connectivity index (χ1n) is 7.46. The molecular formula is C17H25NO3S. The standard InChI is InChI=1S/C17H25NO3S/c1-6-12(3)16(17(20)21-5)18-15(19)10-22-14-9-11(2)7-8-13(14)4/h7-9,12,16H,6,10H2,1-5H3,(H,18,19)/t12-,16-/m1/s1. The van der Waals surface area contributed by atoms with Gasteiger partial charge in [0.05, 0.1) is 12.9 Å². The van der Waals surface area contributed by atoms with Gasteiger partial charge in [0.1, 0.15) is 6.04 Å². The van der Waals surface area contributed by atoms with Crippen molar-refractivity contribution >= 4 is 23.6 Å². The predicted molar refractivity (Wildman–Crippen MR) is 90.0 cm³/mol. The van der Waals surface area contributed by atoms with E-state index in [1.165, 1.54) is 24.4 Å². The van der Waals surface area contributed by atoms with Crippen molar-refractivity contribution in [2.24, 2.45) is 5.92 Å². The molecule has 0 aromatic heterocycles. The summed E-state index contributed by atoms with van der Waals surface area (Å²) in [4.78, 5) is 25.0. The number of nitrogens with one attached hydrogen (secondary N) is 1. The van der Waals surface area contributed by atoms with Crippen LogP contribution in [-0.2, 0) is 14.3 Å².